The number of thiazole rings is 1. The van der Waals surface area contributed by atoms with Crippen LogP contribution >= 0.6 is 11.3 Å². The summed E-state index contributed by atoms with van der Waals surface area (Å²) >= 11 is 1.83. The van der Waals surface area contributed by atoms with Gasteiger partial charge in [0.25, 0.3) is 0 Å². The Morgan fingerprint density at radius 3 is 3.00 bits per heavy atom. The molecule has 4 heteroatoms. The third kappa shape index (κ3) is 1.64. The van der Waals surface area contributed by atoms with Crippen LogP contribution in [0.1, 0.15) is 23.9 Å². The maximum absolute atomic E-state index is 5.64. The predicted octanol–water partition coefficient (Wildman–Crippen LogP) is 1.42. The molecular weight excluding hydrogens is 194 g/mol. The topological polar surface area (TPSA) is 42.1 Å². The number of hydrogen-bond acceptors (Lipinski definition) is 4. The van der Waals surface area contributed by atoms with Gasteiger partial charge in [0.05, 0.1) is 5.69 Å². The van der Waals surface area contributed by atoms with Crippen LogP contribution in [-0.2, 0) is 12.8 Å². The number of aryl methyl sites for hydroxylation is 2. The Bertz CT molecular complexity index is 300. The quantitative estimate of drug-likeness (QED) is 0.822. The minimum atomic E-state index is 0.376. The lowest BCUT2D eigenvalue weighted by atomic mass is 10.3. The molecule has 1 aliphatic carbocycles. The fraction of sp³-hybridized carbons (Fsp3) is 0.700. The second-order valence-corrected chi connectivity index (χ2v) is 4.98. The van der Waals surface area contributed by atoms with E-state index in [1.807, 2.05) is 11.3 Å². The largest absolute Gasteiger partial charge is 0.347 e. The zero-order valence-electron chi connectivity index (χ0n) is 8.79. The Labute approximate surface area is 88.9 Å². The standard InChI is InChI=1S/C10H17N3S/c1-7(6-11)13(2)10-12-8-4-3-5-9(8)14-10/h7H,3-6,11H2,1-2H3. The van der Waals surface area contributed by atoms with Crippen LogP contribution in [0.15, 0.2) is 0 Å². The fourth-order valence-electron chi connectivity index (χ4n) is 1.67. The molecule has 0 amide bonds. The summed E-state index contributed by atoms with van der Waals surface area (Å²) in [4.78, 5) is 8.31. The van der Waals surface area contributed by atoms with Crippen LogP contribution in [0, 0.1) is 0 Å². The van der Waals surface area contributed by atoms with Gasteiger partial charge in [0.15, 0.2) is 5.13 Å². The first-order valence-corrected chi connectivity index (χ1v) is 5.95. The molecule has 1 unspecified atom stereocenters. The van der Waals surface area contributed by atoms with Crippen molar-refractivity contribution < 1.29 is 0 Å². The molecule has 1 heterocycles. The fourth-order valence-corrected chi connectivity index (χ4v) is 2.89. The van der Waals surface area contributed by atoms with Gasteiger partial charge >= 0.3 is 0 Å². The molecule has 1 aliphatic rings. The van der Waals surface area contributed by atoms with E-state index in [0.29, 0.717) is 12.6 Å². The molecule has 1 aromatic rings. The Morgan fingerprint density at radius 2 is 2.36 bits per heavy atom. The molecule has 0 radical (unpaired) electrons. The molecule has 0 spiro atoms. The van der Waals surface area contributed by atoms with Gasteiger partial charge in [-0.15, -0.1) is 11.3 Å². The van der Waals surface area contributed by atoms with Crippen LogP contribution in [0.3, 0.4) is 0 Å². The molecule has 1 aromatic heterocycles. The summed E-state index contributed by atoms with van der Waals surface area (Å²) in [6.07, 6.45) is 3.67. The number of anilines is 1. The van der Waals surface area contributed by atoms with Gasteiger partial charge < -0.3 is 10.6 Å². The highest BCUT2D eigenvalue weighted by atomic mass is 32.1. The highest BCUT2D eigenvalue weighted by Crippen LogP contribution is 2.32. The van der Waals surface area contributed by atoms with E-state index in [-0.39, 0.29) is 0 Å². The Morgan fingerprint density at radius 1 is 1.57 bits per heavy atom. The number of fused-ring (bicyclic) bond motifs is 1. The number of nitrogens with zero attached hydrogens (tertiary/aromatic N) is 2. The predicted molar refractivity (Wildman–Crippen MR) is 61.1 cm³/mol. The van der Waals surface area contributed by atoms with Crippen LogP contribution in [0.25, 0.3) is 0 Å². The maximum Gasteiger partial charge on any atom is 0.185 e. The molecule has 14 heavy (non-hydrogen) atoms. The van der Waals surface area contributed by atoms with Crippen molar-refractivity contribution in [3.8, 4) is 0 Å². The number of likely N-dealkylation sites (N-methyl/N-ethyl adjacent to an activating group) is 1. The summed E-state index contributed by atoms with van der Waals surface area (Å²) in [5.74, 6) is 0. The van der Waals surface area contributed by atoms with Gasteiger partial charge in [-0.3, -0.25) is 0 Å². The van der Waals surface area contributed by atoms with Gasteiger partial charge in [0.2, 0.25) is 0 Å². The minimum absolute atomic E-state index is 0.376. The normalized spacial score (nSPS) is 16.8. The Balaban J connectivity index is 2.17. The average molecular weight is 211 g/mol. The van der Waals surface area contributed by atoms with E-state index in [2.05, 4.69) is 23.9 Å². The lowest BCUT2D eigenvalue weighted by Gasteiger charge is -2.22. The number of rotatable bonds is 3. The Hall–Kier alpha value is -0.610. The number of hydrogen-bond donors (Lipinski definition) is 1. The molecule has 0 bridgehead atoms. The zero-order chi connectivity index (χ0) is 10.1. The van der Waals surface area contributed by atoms with E-state index in [0.717, 1.165) is 11.6 Å². The van der Waals surface area contributed by atoms with Gasteiger partial charge in [-0.2, -0.15) is 0 Å². The van der Waals surface area contributed by atoms with Crippen molar-refractivity contribution in [2.75, 3.05) is 18.5 Å². The molecular formula is C10H17N3S. The van der Waals surface area contributed by atoms with Crippen LogP contribution in [0.5, 0.6) is 0 Å². The van der Waals surface area contributed by atoms with Crippen molar-refractivity contribution in [1.82, 2.24) is 4.98 Å². The summed E-state index contributed by atoms with van der Waals surface area (Å²) in [5, 5.41) is 1.13. The molecule has 3 nitrogen and oxygen atoms in total. The van der Waals surface area contributed by atoms with E-state index >= 15 is 0 Å². The number of nitrogens with two attached hydrogens (primary N) is 1. The molecule has 0 saturated heterocycles. The van der Waals surface area contributed by atoms with Crippen molar-refractivity contribution in [3.05, 3.63) is 10.6 Å². The van der Waals surface area contributed by atoms with Crippen LogP contribution in [-0.4, -0.2) is 24.6 Å². The SMILES string of the molecule is CC(CN)N(C)c1nc2c(s1)CCC2. The van der Waals surface area contributed by atoms with Gasteiger partial charge in [0.1, 0.15) is 0 Å². The third-order valence-corrected chi connectivity index (χ3v) is 4.14. The number of aromatic nitrogens is 1. The van der Waals surface area contributed by atoms with Gasteiger partial charge in [-0.25, -0.2) is 4.98 Å². The third-order valence-electron chi connectivity index (χ3n) is 2.89. The summed E-state index contributed by atoms with van der Waals surface area (Å²) in [5.41, 5.74) is 6.96. The second-order valence-electron chi connectivity index (χ2n) is 3.92. The molecule has 1 atom stereocenters. The Kier molecular flexibility index (Phi) is 2.74. The van der Waals surface area contributed by atoms with E-state index in [4.69, 9.17) is 5.73 Å². The molecule has 0 aliphatic heterocycles. The summed E-state index contributed by atoms with van der Waals surface area (Å²) < 4.78 is 0. The highest BCUT2D eigenvalue weighted by molar-refractivity contribution is 7.15. The molecule has 0 aromatic carbocycles. The first-order valence-electron chi connectivity index (χ1n) is 5.14. The average Bonchev–Trinajstić information content (AvgIpc) is 2.74. The van der Waals surface area contributed by atoms with Crippen LogP contribution < -0.4 is 10.6 Å². The summed E-state index contributed by atoms with van der Waals surface area (Å²) in [7, 11) is 2.07. The van der Waals surface area contributed by atoms with Crippen LogP contribution in [0.2, 0.25) is 0 Å². The van der Waals surface area contributed by atoms with Crippen molar-refractivity contribution in [2.24, 2.45) is 5.73 Å². The van der Waals surface area contributed by atoms with Crippen molar-refractivity contribution in [2.45, 2.75) is 32.2 Å². The molecule has 2 rings (SSSR count). The van der Waals surface area contributed by atoms with Gasteiger partial charge in [0, 0.05) is 24.5 Å². The van der Waals surface area contributed by atoms with Crippen molar-refractivity contribution in [3.63, 3.8) is 0 Å². The highest BCUT2D eigenvalue weighted by Gasteiger charge is 2.19. The molecule has 78 valence electrons. The van der Waals surface area contributed by atoms with E-state index < -0.39 is 0 Å². The van der Waals surface area contributed by atoms with Gasteiger partial charge in [-0.1, -0.05) is 0 Å². The van der Waals surface area contributed by atoms with Gasteiger partial charge in [-0.05, 0) is 26.2 Å². The zero-order valence-corrected chi connectivity index (χ0v) is 9.60. The van der Waals surface area contributed by atoms with E-state index in [1.54, 1.807) is 0 Å². The van der Waals surface area contributed by atoms with E-state index in [9.17, 15) is 0 Å². The lowest BCUT2D eigenvalue weighted by Crippen LogP contribution is -2.35. The van der Waals surface area contributed by atoms with Crippen LogP contribution in [0.4, 0.5) is 5.13 Å². The summed E-state index contributed by atoms with van der Waals surface area (Å²) in [6, 6.07) is 0.376. The molecule has 0 fully saturated rings. The van der Waals surface area contributed by atoms with E-state index in [1.165, 1.54) is 23.4 Å². The summed E-state index contributed by atoms with van der Waals surface area (Å²) in [6.45, 7) is 2.81. The lowest BCUT2D eigenvalue weighted by molar-refractivity contribution is 0.692. The second kappa shape index (κ2) is 3.87. The first-order chi connectivity index (χ1) is 6.72. The minimum Gasteiger partial charge on any atom is -0.347 e. The molecule has 2 N–H and O–H groups in total. The maximum atomic E-state index is 5.64. The first kappa shape index (κ1) is 9.93. The monoisotopic (exact) mass is 211 g/mol. The molecule has 0 saturated carbocycles. The van der Waals surface area contributed by atoms with Crippen molar-refractivity contribution in [1.29, 1.82) is 0 Å². The smallest absolute Gasteiger partial charge is 0.185 e. The van der Waals surface area contributed by atoms with Crippen molar-refractivity contribution >= 4 is 16.5 Å².